The van der Waals surface area contributed by atoms with Crippen molar-refractivity contribution in [1.82, 2.24) is 9.97 Å². The molecular formula is C20H19F2N3O3. The third-order valence-corrected chi connectivity index (χ3v) is 3.87. The van der Waals surface area contributed by atoms with E-state index in [1.165, 1.54) is 6.07 Å². The Balaban J connectivity index is 1.85. The van der Waals surface area contributed by atoms with Crippen molar-refractivity contribution in [1.29, 1.82) is 0 Å². The summed E-state index contributed by atoms with van der Waals surface area (Å²) < 4.78 is 37.5. The van der Waals surface area contributed by atoms with Gasteiger partial charge in [-0.1, -0.05) is 0 Å². The molecule has 1 aromatic heterocycles. The number of hydrogen-bond donors (Lipinski definition) is 2. The van der Waals surface area contributed by atoms with Gasteiger partial charge in [-0.3, -0.25) is 4.79 Å². The van der Waals surface area contributed by atoms with E-state index in [0.29, 0.717) is 37.1 Å². The number of aromatic nitrogens is 2. The fraction of sp³-hybridized carbons (Fsp3) is 0.200. The van der Waals surface area contributed by atoms with Crippen molar-refractivity contribution in [2.75, 3.05) is 25.1 Å². The number of H-pyrrole nitrogens is 1. The third kappa shape index (κ3) is 4.72. The van der Waals surface area contributed by atoms with Crippen molar-refractivity contribution < 1.29 is 23.0 Å². The average Bonchev–Trinajstić information content (AvgIpc) is 3.23. The number of aromatic amines is 1. The van der Waals surface area contributed by atoms with Crippen LogP contribution < -0.4 is 10.1 Å². The van der Waals surface area contributed by atoms with E-state index in [9.17, 15) is 13.6 Å². The second-order valence-electron chi connectivity index (χ2n) is 5.78. The molecule has 0 aliphatic heterocycles. The molecule has 0 aliphatic rings. The first-order valence-electron chi connectivity index (χ1n) is 8.69. The summed E-state index contributed by atoms with van der Waals surface area (Å²) in [4.78, 5) is 19.7. The molecular weight excluding hydrogens is 368 g/mol. The Morgan fingerprint density at radius 1 is 1.14 bits per heavy atom. The van der Waals surface area contributed by atoms with Crippen LogP contribution in [0.3, 0.4) is 0 Å². The number of halogens is 2. The van der Waals surface area contributed by atoms with Crippen molar-refractivity contribution in [2.45, 2.75) is 6.92 Å². The lowest BCUT2D eigenvalue weighted by molar-refractivity contribution is 0.102. The molecule has 2 N–H and O–H groups in total. The molecule has 6 nitrogen and oxygen atoms in total. The smallest absolute Gasteiger partial charge is 0.255 e. The summed E-state index contributed by atoms with van der Waals surface area (Å²) in [6, 6.07) is 8.14. The summed E-state index contributed by atoms with van der Waals surface area (Å²) in [5.41, 5.74) is 1.09. The standard InChI is InChI=1S/C20H19F2N3O3/c1-2-27-9-10-28-18-6-4-13(19-23-7-8-24-19)12-17(18)25-20(26)14-3-5-15(21)16(22)11-14/h3-8,11-12H,2,9-10H2,1H3,(H,23,24)(H,25,26). The molecule has 1 amide bonds. The molecule has 2 aromatic carbocycles. The maximum absolute atomic E-state index is 13.4. The zero-order valence-electron chi connectivity index (χ0n) is 15.2. The maximum atomic E-state index is 13.4. The van der Waals surface area contributed by atoms with Crippen LogP contribution in [0, 0.1) is 11.6 Å². The lowest BCUT2D eigenvalue weighted by atomic mass is 10.1. The zero-order valence-corrected chi connectivity index (χ0v) is 15.2. The third-order valence-electron chi connectivity index (χ3n) is 3.87. The monoisotopic (exact) mass is 387 g/mol. The van der Waals surface area contributed by atoms with Gasteiger partial charge in [0.25, 0.3) is 5.91 Å². The molecule has 0 spiro atoms. The maximum Gasteiger partial charge on any atom is 0.255 e. The van der Waals surface area contributed by atoms with Gasteiger partial charge in [-0.2, -0.15) is 0 Å². The molecule has 0 saturated carbocycles. The fourth-order valence-electron chi connectivity index (χ4n) is 2.51. The van der Waals surface area contributed by atoms with Gasteiger partial charge >= 0.3 is 0 Å². The van der Waals surface area contributed by atoms with Crippen LogP contribution in [-0.2, 0) is 4.74 Å². The van der Waals surface area contributed by atoms with Gasteiger partial charge in [0.2, 0.25) is 0 Å². The number of hydrogen-bond acceptors (Lipinski definition) is 4. The molecule has 0 unspecified atom stereocenters. The number of imidazole rings is 1. The SMILES string of the molecule is CCOCCOc1ccc(-c2ncc[nH]2)cc1NC(=O)c1ccc(F)c(F)c1. The number of carbonyl (C=O) groups excluding carboxylic acids is 1. The number of ether oxygens (including phenoxy) is 2. The summed E-state index contributed by atoms with van der Waals surface area (Å²) in [6.07, 6.45) is 3.29. The molecule has 3 aromatic rings. The number of anilines is 1. The van der Waals surface area contributed by atoms with Crippen molar-refractivity contribution in [3.63, 3.8) is 0 Å². The van der Waals surface area contributed by atoms with Crippen LogP contribution in [0.5, 0.6) is 5.75 Å². The Kier molecular flexibility index (Phi) is 6.33. The summed E-state index contributed by atoms with van der Waals surface area (Å²) in [7, 11) is 0. The Morgan fingerprint density at radius 2 is 2.00 bits per heavy atom. The molecule has 0 atom stereocenters. The number of benzene rings is 2. The predicted molar refractivity (Wildman–Crippen MR) is 100 cm³/mol. The molecule has 28 heavy (non-hydrogen) atoms. The highest BCUT2D eigenvalue weighted by Crippen LogP contribution is 2.30. The minimum absolute atomic E-state index is 0.0115. The molecule has 0 aliphatic carbocycles. The van der Waals surface area contributed by atoms with E-state index < -0.39 is 17.5 Å². The fourth-order valence-corrected chi connectivity index (χ4v) is 2.51. The summed E-state index contributed by atoms with van der Waals surface area (Å²) >= 11 is 0. The molecule has 3 rings (SSSR count). The van der Waals surface area contributed by atoms with Crippen LogP contribution in [0.4, 0.5) is 14.5 Å². The van der Waals surface area contributed by atoms with Crippen LogP contribution >= 0.6 is 0 Å². The number of amides is 1. The number of nitrogens with one attached hydrogen (secondary N) is 2. The van der Waals surface area contributed by atoms with Gasteiger partial charge < -0.3 is 19.8 Å². The first kappa shape index (κ1) is 19.5. The number of rotatable bonds is 8. The van der Waals surface area contributed by atoms with Gasteiger partial charge in [0.05, 0.1) is 12.3 Å². The van der Waals surface area contributed by atoms with Crippen molar-refractivity contribution in [3.8, 4) is 17.1 Å². The van der Waals surface area contributed by atoms with E-state index in [0.717, 1.165) is 17.7 Å². The van der Waals surface area contributed by atoms with Crippen molar-refractivity contribution >= 4 is 11.6 Å². The van der Waals surface area contributed by atoms with Crippen LogP contribution in [0.15, 0.2) is 48.8 Å². The lowest BCUT2D eigenvalue weighted by Crippen LogP contribution is -2.14. The zero-order chi connectivity index (χ0) is 19.9. The highest BCUT2D eigenvalue weighted by molar-refractivity contribution is 6.05. The van der Waals surface area contributed by atoms with Gasteiger partial charge in [-0.05, 0) is 43.3 Å². The normalized spacial score (nSPS) is 10.7. The van der Waals surface area contributed by atoms with Crippen molar-refractivity contribution in [3.05, 3.63) is 66.0 Å². The minimum Gasteiger partial charge on any atom is -0.489 e. The number of carbonyl (C=O) groups is 1. The second-order valence-corrected chi connectivity index (χ2v) is 5.78. The second kappa shape index (κ2) is 9.09. The topological polar surface area (TPSA) is 76.2 Å². The Labute approximate surface area is 160 Å². The average molecular weight is 387 g/mol. The predicted octanol–water partition coefficient (Wildman–Crippen LogP) is 4.02. The van der Waals surface area contributed by atoms with E-state index in [2.05, 4.69) is 15.3 Å². The van der Waals surface area contributed by atoms with Gasteiger partial charge in [0.15, 0.2) is 11.6 Å². The summed E-state index contributed by atoms with van der Waals surface area (Å²) in [5.74, 6) is -1.67. The Hall–Kier alpha value is -3.26. The molecule has 146 valence electrons. The van der Waals surface area contributed by atoms with E-state index in [4.69, 9.17) is 9.47 Å². The summed E-state index contributed by atoms with van der Waals surface area (Å²) in [6.45, 7) is 3.14. The molecule has 0 bridgehead atoms. The molecule has 1 heterocycles. The van der Waals surface area contributed by atoms with Gasteiger partial charge in [-0.25, -0.2) is 13.8 Å². The Morgan fingerprint density at radius 3 is 2.71 bits per heavy atom. The van der Waals surface area contributed by atoms with Gasteiger partial charge in [-0.15, -0.1) is 0 Å². The van der Waals surface area contributed by atoms with Gasteiger partial charge in [0, 0.05) is 30.1 Å². The van der Waals surface area contributed by atoms with E-state index >= 15 is 0 Å². The molecule has 0 saturated heterocycles. The van der Waals surface area contributed by atoms with Crippen molar-refractivity contribution in [2.24, 2.45) is 0 Å². The largest absolute Gasteiger partial charge is 0.489 e. The molecule has 0 radical (unpaired) electrons. The van der Waals surface area contributed by atoms with E-state index in [1.54, 1.807) is 30.6 Å². The molecule has 0 fully saturated rings. The summed E-state index contributed by atoms with van der Waals surface area (Å²) in [5, 5.41) is 2.68. The number of nitrogens with zero attached hydrogens (tertiary/aromatic N) is 1. The first-order chi connectivity index (χ1) is 13.6. The van der Waals surface area contributed by atoms with Crippen LogP contribution in [0.1, 0.15) is 17.3 Å². The Bertz CT molecular complexity index is 946. The minimum atomic E-state index is -1.09. The lowest BCUT2D eigenvalue weighted by Gasteiger charge is -2.14. The van der Waals surface area contributed by atoms with Gasteiger partial charge in [0.1, 0.15) is 18.2 Å². The first-order valence-corrected chi connectivity index (χ1v) is 8.69. The molecule has 8 heteroatoms. The highest BCUT2D eigenvalue weighted by Gasteiger charge is 2.14. The quantitative estimate of drug-likeness (QED) is 0.573. The van der Waals surface area contributed by atoms with Crippen LogP contribution in [0.25, 0.3) is 11.4 Å². The van der Waals surface area contributed by atoms with Crippen LogP contribution in [0.2, 0.25) is 0 Å². The van der Waals surface area contributed by atoms with Crippen LogP contribution in [-0.4, -0.2) is 35.7 Å². The highest BCUT2D eigenvalue weighted by atomic mass is 19.2. The van der Waals surface area contributed by atoms with E-state index in [-0.39, 0.29) is 5.56 Å². The van der Waals surface area contributed by atoms with E-state index in [1.807, 2.05) is 6.92 Å².